The largest absolute Gasteiger partial charge is 0.288 e. The summed E-state index contributed by atoms with van der Waals surface area (Å²) in [5, 5.41) is 0. The molecule has 0 amide bonds. The topological polar surface area (TPSA) is 109 Å². The second kappa shape index (κ2) is 6.61. The Morgan fingerprint density at radius 1 is 0.696 bits per heavy atom. The highest BCUT2D eigenvalue weighted by Gasteiger charge is 2.66. The Kier molecular flexibility index (Phi) is 5.51. The van der Waals surface area contributed by atoms with Gasteiger partial charge in [-0.2, -0.15) is 16.8 Å². The van der Waals surface area contributed by atoms with Crippen molar-refractivity contribution in [2.75, 3.05) is 0 Å². The molecular formula is C15H28O6S2. The molecule has 0 heterocycles. The molecule has 2 aliphatic rings. The van der Waals surface area contributed by atoms with Gasteiger partial charge in [0.1, 0.15) is 0 Å². The van der Waals surface area contributed by atoms with Gasteiger partial charge in [0.2, 0.25) is 4.08 Å². The van der Waals surface area contributed by atoms with Crippen LogP contribution in [-0.2, 0) is 20.2 Å². The lowest BCUT2D eigenvalue weighted by molar-refractivity contribution is 0.124. The van der Waals surface area contributed by atoms with Crippen LogP contribution in [0.1, 0.15) is 65.2 Å². The summed E-state index contributed by atoms with van der Waals surface area (Å²) in [5.74, 6) is -1.90. The fourth-order valence-corrected chi connectivity index (χ4v) is 9.00. The standard InChI is InChI=1S/C15H28O6S2/c1-11-7-3-5-9-13(11)15(22(16,17)18,23(19,20)21)14-10-6-4-8-12(14)2/h11-14H,3-10H2,1-2H3,(H,16,17,18)(H,19,20,21). The SMILES string of the molecule is CC1CCCCC1C(C1CCCCC1C)(S(=O)(=O)O)S(=O)(=O)O. The van der Waals surface area contributed by atoms with E-state index in [1.807, 2.05) is 13.8 Å². The predicted molar refractivity (Wildman–Crippen MR) is 88.1 cm³/mol. The normalized spacial score (nSPS) is 34.3. The molecule has 136 valence electrons. The zero-order valence-electron chi connectivity index (χ0n) is 13.8. The van der Waals surface area contributed by atoms with E-state index in [9.17, 15) is 25.9 Å². The van der Waals surface area contributed by atoms with E-state index in [0.717, 1.165) is 12.8 Å². The molecule has 2 rings (SSSR count). The van der Waals surface area contributed by atoms with Crippen LogP contribution in [0.3, 0.4) is 0 Å². The molecule has 2 aliphatic carbocycles. The van der Waals surface area contributed by atoms with Gasteiger partial charge in [0.15, 0.2) is 0 Å². The molecule has 0 spiro atoms. The smallest absolute Gasteiger partial charge is 0.284 e. The van der Waals surface area contributed by atoms with Crippen molar-refractivity contribution < 1.29 is 25.9 Å². The monoisotopic (exact) mass is 368 g/mol. The average Bonchev–Trinajstić information content (AvgIpc) is 2.40. The van der Waals surface area contributed by atoms with Crippen molar-refractivity contribution in [1.82, 2.24) is 0 Å². The number of hydrogen-bond acceptors (Lipinski definition) is 4. The summed E-state index contributed by atoms with van der Waals surface area (Å²) < 4.78 is 67.2. The van der Waals surface area contributed by atoms with E-state index in [0.29, 0.717) is 38.5 Å². The van der Waals surface area contributed by atoms with Crippen LogP contribution >= 0.6 is 0 Å². The van der Waals surface area contributed by atoms with E-state index < -0.39 is 36.2 Å². The molecule has 0 saturated heterocycles. The lowest BCUT2D eigenvalue weighted by Crippen LogP contribution is -2.61. The summed E-state index contributed by atoms with van der Waals surface area (Å²) in [6.07, 6.45) is 5.44. The van der Waals surface area contributed by atoms with E-state index in [1.54, 1.807) is 0 Å². The molecule has 0 aromatic heterocycles. The minimum Gasteiger partial charge on any atom is -0.284 e. The third-order valence-corrected chi connectivity index (χ3v) is 10.2. The van der Waals surface area contributed by atoms with Gasteiger partial charge < -0.3 is 0 Å². The molecule has 0 aromatic carbocycles. The highest BCUT2D eigenvalue weighted by atomic mass is 32.3. The van der Waals surface area contributed by atoms with E-state index in [1.165, 1.54) is 0 Å². The third kappa shape index (κ3) is 3.19. The first-order valence-electron chi connectivity index (χ1n) is 8.47. The van der Waals surface area contributed by atoms with Crippen molar-refractivity contribution in [1.29, 1.82) is 0 Å². The van der Waals surface area contributed by atoms with Gasteiger partial charge in [-0.15, -0.1) is 0 Å². The predicted octanol–water partition coefficient (Wildman–Crippen LogP) is 3.11. The lowest BCUT2D eigenvalue weighted by Gasteiger charge is -2.48. The van der Waals surface area contributed by atoms with Gasteiger partial charge in [-0.05, 0) is 24.7 Å². The molecule has 4 atom stereocenters. The van der Waals surface area contributed by atoms with Crippen LogP contribution in [-0.4, -0.2) is 30.0 Å². The average molecular weight is 369 g/mol. The van der Waals surface area contributed by atoms with Crippen LogP contribution in [0.4, 0.5) is 0 Å². The van der Waals surface area contributed by atoms with E-state index in [-0.39, 0.29) is 11.8 Å². The Hall–Kier alpha value is -0.180. The second-order valence-corrected chi connectivity index (χ2v) is 10.9. The molecule has 4 unspecified atom stereocenters. The van der Waals surface area contributed by atoms with E-state index in [4.69, 9.17) is 0 Å². The van der Waals surface area contributed by atoms with E-state index >= 15 is 0 Å². The van der Waals surface area contributed by atoms with Gasteiger partial charge >= 0.3 is 0 Å². The molecule has 2 fully saturated rings. The van der Waals surface area contributed by atoms with Gasteiger partial charge in [-0.25, -0.2) is 0 Å². The van der Waals surface area contributed by atoms with Gasteiger partial charge in [-0.3, -0.25) is 9.11 Å². The highest BCUT2D eigenvalue weighted by molar-refractivity contribution is 8.05. The molecule has 0 aromatic rings. The van der Waals surface area contributed by atoms with Crippen molar-refractivity contribution in [3.63, 3.8) is 0 Å². The molecular weight excluding hydrogens is 340 g/mol. The minimum atomic E-state index is -4.99. The maximum absolute atomic E-state index is 12.4. The lowest BCUT2D eigenvalue weighted by atomic mass is 9.69. The Balaban J connectivity index is 2.70. The molecule has 0 radical (unpaired) electrons. The molecule has 0 bridgehead atoms. The summed E-state index contributed by atoms with van der Waals surface area (Å²) in [6, 6.07) is 0. The summed E-state index contributed by atoms with van der Waals surface area (Å²) in [7, 11) is -9.97. The summed E-state index contributed by atoms with van der Waals surface area (Å²) in [5.41, 5.74) is 0. The third-order valence-electron chi connectivity index (χ3n) is 6.06. The maximum atomic E-state index is 12.4. The molecule has 2 saturated carbocycles. The first-order valence-corrected chi connectivity index (χ1v) is 11.4. The summed E-state index contributed by atoms with van der Waals surface area (Å²) >= 11 is 0. The fourth-order valence-electron chi connectivity index (χ4n) is 5.00. The minimum absolute atomic E-state index is 0.179. The Labute approximate surface area is 139 Å². The van der Waals surface area contributed by atoms with Crippen molar-refractivity contribution in [3.8, 4) is 0 Å². The van der Waals surface area contributed by atoms with Crippen LogP contribution in [0.25, 0.3) is 0 Å². The van der Waals surface area contributed by atoms with Crippen LogP contribution in [0.15, 0.2) is 0 Å². The Morgan fingerprint density at radius 2 is 1.00 bits per heavy atom. The van der Waals surface area contributed by atoms with Crippen LogP contribution in [0.5, 0.6) is 0 Å². The van der Waals surface area contributed by atoms with Crippen molar-refractivity contribution in [2.45, 2.75) is 69.3 Å². The molecule has 0 aliphatic heterocycles. The second-order valence-electron chi connectivity index (χ2n) is 7.41. The molecule has 6 nitrogen and oxygen atoms in total. The van der Waals surface area contributed by atoms with Crippen molar-refractivity contribution in [2.24, 2.45) is 23.7 Å². The fraction of sp³-hybridized carbons (Fsp3) is 1.00. The first kappa shape index (κ1) is 19.1. The van der Waals surface area contributed by atoms with Crippen LogP contribution in [0, 0.1) is 23.7 Å². The maximum Gasteiger partial charge on any atom is 0.288 e. The molecule has 2 N–H and O–H groups in total. The first-order chi connectivity index (χ1) is 10.5. The highest BCUT2D eigenvalue weighted by Crippen LogP contribution is 2.53. The van der Waals surface area contributed by atoms with Gasteiger partial charge in [0, 0.05) is 11.8 Å². The van der Waals surface area contributed by atoms with Gasteiger partial charge in [0.25, 0.3) is 20.2 Å². The van der Waals surface area contributed by atoms with Gasteiger partial charge in [0.05, 0.1) is 0 Å². The Morgan fingerprint density at radius 3 is 1.26 bits per heavy atom. The van der Waals surface area contributed by atoms with Gasteiger partial charge in [-0.1, -0.05) is 52.4 Å². The van der Waals surface area contributed by atoms with Crippen molar-refractivity contribution in [3.05, 3.63) is 0 Å². The van der Waals surface area contributed by atoms with Crippen LogP contribution < -0.4 is 0 Å². The Bertz CT molecular complexity index is 568. The zero-order chi connectivity index (χ0) is 17.5. The molecule has 23 heavy (non-hydrogen) atoms. The quantitative estimate of drug-likeness (QED) is 0.738. The van der Waals surface area contributed by atoms with E-state index in [2.05, 4.69) is 0 Å². The van der Waals surface area contributed by atoms with Crippen LogP contribution in [0.2, 0.25) is 0 Å². The molecule has 8 heteroatoms. The summed E-state index contributed by atoms with van der Waals surface area (Å²) in [4.78, 5) is 0. The summed E-state index contributed by atoms with van der Waals surface area (Å²) in [6.45, 7) is 3.64. The zero-order valence-corrected chi connectivity index (χ0v) is 15.4. The number of hydrogen-bond donors (Lipinski definition) is 2. The van der Waals surface area contributed by atoms with Crippen molar-refractivity contribution >= 4 is 20.2 Å². The number of rotatable bonds is 4.